The van der Waals surface area contributed by atoms with E-state index >= 15 is 0 Å². The minimum atomic E-state index is -0.572. The molecule has 3 rings (SSSR count). The van der Waals surface area contributed by atoms with Gasteiger partial charge < -0.3 is 10.1 Å². The summed E-state index contributed by atoms with van der Waals surface area (Å²) in [6.45, 7) is 4.38. The normalized spacial score (nSPS) is 16.8. The molecule has 6 heteroatoms. The minimum absolute atomic E-state index is 0.235. The van der Waals surface area contributed by atoms with Gasteiger partial charge >= 0.3 is 12.0 Å². The lowest BCUT2D eigenvalue weighted by molar-refractivity contribution is -0.139. The highest BCUT2D eigenvalue weighted by Gasteiger charge is 2.35. The maximum Gasteiger partial charge on any atom is 0.338 e. The van der Waals surface area contributed by atoms with Crippen molar-refractivity contribution in [1.82, 2.24) is 10.2 Å². The number of amides is 2. The Balaban J connectivity index is 1.83. The summed E-state index contributed by atoms with van der Waals surface area (Å²) in [6, 6.07) is 16.1. The SMILES string of the molecule is CCN1C(=O)NC(c2ccc(Cl)cc2)C(C(=O)OCCc2ccccc2)=C1C. The number of urea groups is 1. The van der Waals surface area contributed by atoms with Gasteiger partial charge in [0.15, 0.2) is 0 Å². The van der Waals surface area contributed by atoms with Crippen LogP contribution in [-0.4, -0.2) is 30.1 Å². The number of nitrogens with zero attached hydrogens (tertiary/aromatic N) is 1. The van der Waals surface area contributed by atoms with Gasteiger partial charge in [-0.15, -0.1) is 0 Å². The predicted octanol–water partition coefficient (Wildman–Crippen LogP) is 4.49. The van der Waals surface area contributed by atoms with Crippen molar-refractivity contribution in [2.24, 2.45) is 0 Å². The number of benzene rings is 2. The monoisotopic (exact) mass is 398 g/mol. The van der Waals surface area contributed by atoms with E-state index < -0.39 is 12.0 Å². The van der Waals surface area contributed by atoms with Crippen LogP contribution in [0.5, 0.6) is 0 Å². The zero-order valence-electron chi connectivity index (χ0n) is 15.9. The second-order valence-corrected chi connectivity index (χ2v) is 6.99. The van der Waals surface area contributed by atoms with Gasteiger partial charge in [0.25, 0.3) is 0 Å². The number of allylic oxidation sites excluding steroid dienone is 1. The Morgan fingerprint density at radius 1 is 1.14 bits per heavy atom. The molecular formula is C22H23ClN2O3. The van der Waals surface area contributed by atoms with Crippen molar-refractivity contribution in [3.05, 3.63) is 82.0 Å². The van der Waals surface area contributed by atoms with Gasteiger partial charge in [-0.1, -0.05) is 54.1 Å². The molecule has 1 aliphatic heterocycles. The van der Waals surface area contributed by atoms with Crippen LogP contribution >= 0.6 is 11.6 Å². The van der Waals surface area contributed by atoms with Crippen molar-refractivity contribution in [3.63, 3.8) is 0 Å². The van der Waals surface area contributed by atoms with Crippen LogP contribution in [0.15, 0.2) is 65.9 Å². The first-order valence-corrected chi connectivity index (χ1v) is 9.64. The smallest absolute Gasteiger partial charge is 0.338 e. The molecule has 0 saturated heterocycles. The summed E-state index contributed by atoms with van der Waals surface area (Å²) in [5.74, 6) is -0.424. The van der Waals surface area contributed by atoms with E-state index in [4.69, 9.17) is 16.3 Å². The lowest BCUT2D eigenvalue weighted by Crippen LogP contribution is -2.47. The van der Waals surface area contributed by atoms with E-state index in [0.29, 0.717) is 29.3 Å². The number of hydrogen-bond acceptors (Lipinski definition) is 3. The topological polar surface area (TPSA) is 58.6 Å². The molecule has 2 amide bonds. The zero-order chi connectivity index (χ0) is 20.1. The molecule has 1 aliphatic rings. The van der Waals surface area contributed by atoms with Crippen LogP contribution < -0.4 is 5.32 Å². The fourth-order valence-corrected chi connectivity index (χ4v) is 3.44. The molecule has 0 bridgehead atoms. The van der Waals surface area contributed by atoms with Gasteiger partial charge in [0.05, 0.1) is 18.2 Å². The lowest BCUT2D eigenvalue weighted by Gasteiger charge is -2.34. The van der Waals surface area contributed by atoms with Crippen molar-refractivity contribution >= 4 is 23.6 Å². The lowest BCUT2D eigenvalue weighted by atomic mass is 9.95. The summed E-state index contributed by atoms with van der Waals surface area (Å²) >= 11 is 5.98. The van der Waals surface area contributed by atoms with Gasteiger partial charge in [-0.25, -0.2) is 9.59 Å². The molecule has 1 N–H and O–H groups in total. The average molecular weight is 399 g/mol. The van der Waals surface area contributed by atoms with Crippen LogP contribution in [0.4, 0.5) is 4.79 Å². The fraction of sp³-hybridized carbons (Fsp3) is 0.273. The predicted molar refractivity (Wildman–Crippen MR) is 109 cm³/mol. The van der Waals surface area contributed by atoms with Crippen LogP contribution in [0.25, 0.3) is 0 Å². The second-order valence-electron chi connectivity index (χ2n) is 6.55. The summed E-state index contributed by atoms with van der Waals surface area (Å²) in [6.07, 6.45) is 0.633. The van der Waals surface area contributed by atoms with E-state index in [2.05, 4.69) is 5.32 Å². The quantitative estimate of drug-likeness (QED) is 0.729. The van der Waals surface area contributed by atoms with Gasteiger partial charge in [-0.3, -0.25) is 4.90 Å². The highest BCUT2D eigenvalue weighted by molar-refractivity contribution is 6.30. The Bertz CT molecular complexity index is 878. The van der Waals surface area contributed by atoms with E-state index in [1.165, 1.54) is 0 Å². The molecule has 1 atom stereocenters. The number of hydrogen-bond donors (Lipinski definition) is 1. The van der Waals surface area contributed by atoms with E-state index in [9.17, 15) is 9.59 Å². The number of carbonyl (C=O) groups excluding carboxylic acids is 2. The molecule has 1 unspecified atom stereocenters. The van der Waals surface area contributed by atoms with Crippen LogP contribution in [0, 0.1) is 0 Å². The number of ether oxygens (including phenoxy) is 1. The summed E-state index contributed by atoms with van der Waals surface area (Å²) in [7, 11) is 0. The number of nitrogens with one attached hydrogen (secondary N) is 1. The minimum Gasteiger partial charge on any atom is -0.462 e. The van der Waals surface area contributed by atoms with Crippen molar-refractivity contribution in [2.75, 3.05) is 13.2 Å². The third-order valence-corrected chi connectivity index (χ3v) is 5.05. The second kappa shape index (κ2) is 8.93. The molecule has 146 valence electrons. The van der Waals surface area contributed by atoms with Gasteiger partial charge in [-0.05, 0) is 37.1 Å². The molecular weight excluding hydrogens is 376 g/mol. The molecule has 0 aromatic heterocycles. The van der Waals surface area contributed by atoms with Crippen LogP contribution in [0.2, 0.25) is 5.02 Å². The third kappa shape index (κ3) is 4.37. The maximum atomic E-state index is 12.9. The molecule has 2 aromatic rings. The molecule has 0 fully saturated rings. The molecule has 5 nitrogen and oxygen atoms in total. The highest BCUT2D eigenvalue weighted by atomic mass is 35.5. The Morgan fingerprint density at radius 3 is 2.46 bits per heavy atom. The molecule has 0 aliphatic carbocycles. The molecule has 2 aromatic carbocycles. The van der Waals surface area contributed by atoms with Crippen molar-refractivity contribution in [1.29, 1.82) is 0 Å². The van der Waals surface area contributed by atoms with Gasteiger partial charge in [-0.2, -0.15) is 0 Å². The molecule has 0 saturated carbocycles. The first kappa shape index (κ1) is 20.0. The van der Waals surface area contributed by atoms with Crippen molar-refractivity contribution < 1.29 is 14.3 Å². The zero-order valence-corrected chi connectivity index (χ0v) is 16.7. The summed E-state index contributed by atoms with van der Waals surface area (Å²) in [4.78, 5) is 26.9. The third-order valence-electron chi connectivity index (χ3n) is 4.80. The first-order chi connectivity index (χ1) is 13.5. The van der Waals surface area contributed by atoms with E-state index in [0.717, 1.165) is 11.1 Å². The van der Waals surface area contributed by atoms with Crippen LogP contribution in [-0.2, 0) is 16.0 Å². The van der Waals surface area contributed by atoms with Gasteiger partial charge in [0, 0.05) is 23.7 Å². The Morgan fingerprint density at radius 2 is 1.82 bits per heavy atom. The van der Waals surface area contributed by atoms with E-state index in [1.807, 2.05) is 37.3 Å². The summed E-state index contributed by atoms with van der Waals surface area (Å²) in [5, 5.41) is 3.50. The average Bonchev–Trinajstić information content (AvgIpc) is 2.69. The Labute approximate surface area is 169 Å². The Kier molecular flexibility index (Phi) is 6.37. The largest absolute Gasteiger partial charge is 0.462 e. The molecule has 0 radical (unpaired) electrons. The molecule has 1 heterocycles. The number of esters is 1. The maximum absolute atomic E-state index is 12.9. The summed E-state index contributed by atoms with van der Waals surface area (Å²) < 4.78 is 5.56. The number of rotatable bonds is 6. The van der Waals surface area contributed by atoms with E-state index in [-0.39, 0.29) is 12.6 Å². The fourth-order valence-electron chi connectivity index (χ4n) is 3.32. The Hall–Kier alpha value is -2.79. The van der Waals surface area contributed by atoms with Gasteiger partial charge in [0.1, 0.15) is 0 Å². The highest BCUT2D eigenvalue weighted by Crippen LogP contribution is 2.31. The van der Waals surface area contributed by atoms with Crippen molar-refractivity contribution in [3.8, 4) is 0 Å². The van der Waals surface area contributed by atoms with Crippen LogP contribution in [0.3, 0.4) is 0 Å². The first-order valence-electron chi connectivity index (χ1n) is 9.26. The summed E-state index contributed by atoms with van der Waals surface area (Å²) in [5.41, 5.74) is 2.93. The standard InChI is InChI=1S/C22H23ClN2O3/c1-3-25-15(2)19(21(26)28-14-13-16-7-5-4-6-8-16)20(24-22(25)27)17-9-11-18(23)12-10-17/h4-12,20H,3,13-14H2,1-2H3,(H,24,27). The van der Waals surface area contributed by atoms with E-state index in [1.54, 1.807) is 36.1 Å². The number of halogens is 1. The van der Waals surface area contributed by atoms with Crippen LogP contribution in [0.1, 0.15) is 31.0 Å². The van der Waals surface area contributed by atoms with Crippen molar-refractivity contribution in [2.45, 2.75) is 26.3 Å². The number of carbonyl (C=O) groups is 2. The molecule has 28 heavy (non-hydrogen) atoms. The van der Waals surface area contributed by atoms with Gasteiger partial charge in [0.2, 0.25) is 0 Å². The molecule has 0 spiro atoms.